The average Bonchev–Trinajstić information content (AvgIpc) is 2.67. The molecule has 0 radical (unpaired) electrons. The van der Waals surface area contributed by atoms with Crippen molar-refractivity contribution in [1.29, 1.82) is 0 Å². The molecule has 1 aromatic rings. The van der Waals surface area contributed by atoms with Gasteiger partial charge in [-0.3, -0.25) is 14.9 Å². The molecule has 10 heteroatoms. The van der Waals surface area contributed by atoms with Crippen LogP contribution in [0.4, 0.5) is 5.69 Å². The number of aliphatic hydroxyl groups excluding tert-OH is 1. The van der Waals surface area contributed by atoms with Crippen LogP contribution in [0.2, 0.25) is 0 Å². The van der Waals surface area contributed by atoms with Crippen molar-refractivity contribution >= 4 is 34.2 Å². The molecule has 168 valence electrons. The number of aliphatic hydroxyl groups is 1. The van der Waals surface area contributed by atoms with E-state index in [2.05, 4.69) is 0 Å². The lowest BCUT2D eigenvalue weighted by molar-refractivity contribution is -0.384. The lowest BCUT2D eigenvalue weighted by Crippen LogP contribution is -2.60. The minimum atomic E-state index is -0.979. The highest BCUT2D eigenvalue weighted by Gasteiger charge is 2.45. The van der Waals surface area contributed by atoms with Crippen LogP contribution in [0.15, 0.2) is 24.3 Å². The average molecular weight is 536 g/mol. The molecule has 1 aliphatic rings. The Kier molecular flexibility index (Phi) is 8.19. The van der Waals surface area contributed by atoms with E-state index in [1.807, 2.05) is 50.3 Å². The van der Waals surface area contributed by atoms with Crippen LogP contribution in [0, 0.1) is 10.1 Å². The van der Waals surface area contributed by atoms with Gasteiger partial charge in [-0.15, -0.1) is 0 Å². The van der Waals surface area contributed by atoms with Crippen LogP contribution in [0.25, 0.3) is 0 Å². The fourth-order valence-corrected chi connectivity index (χ4v) is 4.34. The smallest absolute Gasteiger partial charge is 0.323 e. The molecule has 1 saturated heterocycles. The topological polar surface area (TPSA) is 122 Å². The molecule has 0 bridgehead atoms. The second kappa shape index (κ2) is 9.86. The Hall–Kier alpha value is -1.34. The zero-order valence-electron chi connectivity index (χ0n) is 17.6. The van der Waals surface area contributed by atoms with E-state index in [-0.39, 0.29) is 25.0 Å². The van der Waals surface area contributed by atoms with E-state index in [4.69, 9.17) is 9.47 Å². The number of carbonyl (C=O) groups excluding carboxylic acids is 1. The molecule has 0 spiro atoms. The maximum atomic E-state index is 12.2. The summed E-state index contributed by atoms with van der Waals surface area (Å²) in [4.78, 5) is 22.4. The third-order valence-electron chi connectivity index (χ3n) is 5.15. The van der Waals surface area contributed by atoms with E-state index < -0.39 is 32.0 Å². The number of alkyl halides is 1. The molecule has 0 saturated carbocycles. The van der Waals surface area contributed by atoms with Crippen molar-refractivity contribution in [2.24, 2.45) is 0 Å². The van der Waals surface area contributed by atoms with Gasteiger partial charge in [0.05, 0.1) is 17.6 Å². The van der Waals surface area contributed by atoms with Crippen molar-refractivity contribution in [3.63, 3.8) is 0 Å². The Balaban J connectivity index is 1.80. The highest BCUT2D eigenvalue weighted by Crippen LogP contribution is 2.38. The number of non-ortho nitro benzene ring substituents is 1. The SMILES string of the molecule is CC1(C)CC(OCC(O)COC(=O)C(I)c2ccc([N+](=O)[O-])cc2)CC(C)(C)N1O. The van der Waals surface area contributed by atoms with Gasteiger partial charge >= 0.3 is 5.97 Å². The number of rotatable bonds is 8. The van der Waals surface area contributed by atoms with Gasteiger partial charge in [0.1, 0.15) is 16.6 Å². The van der Waals surface area contributed by atoms with Crippen LogP contribution < -0.4 is 0 Å². The van der Waals surface area contributed by atoms with Gasteiger partial charge in [0.2, 0.25) is 0 Å². The number of nitrogens with zero attached hydrogens (tertiary/aromatic N) is 2. The number of benzene rings is 1. The normalized spacial score (nSPS) is 21.0. The highest BCUT2D eigenvalue weighted by molar-refractivity contribution is 14.1. The molecule has 0 aromatic heterocycles. The Morgan fingerprint density at radius 2 is 1.77 bits per heavy atom. The molecule has 1 aliphatic heterocycles. The van der Waals surface area contributed by atoms with E-state index in [9.17, 15) is 25.2 Å². The van der Waals surface area contributed by atoms with Gasteiger partial charge < -0.3 is 19.8 Å². The van der Waals surface area contributed by atoms with Crippen LogP contribution in [0.5, 0.6) is 0 Å². The first-order valence-electron chi connectivity index (χ1n) is 9.67. The fraction of sp³-hybridized carbons (Fsp3) is 0.650. The summed E-state index contributed by atoms with van der Waals surface area (Å²) >= 11 is 1.89. The number of ether oxygens (including phenoxy) is 2. The molecule has 0 aliphatic carbocycles. The van der Waals surface area contributed by atoms with Gasteiger partial charge in [-0.2, -0.15) is 5.06 Å². The van der Waals surface area contributed by atoms with Gasteiger partial charge in [0.15, 0.2) is 0 Å². The van der Waals surface area contributed by atoms with Crippen molar-refractivity contribution in [2.75, 3.05) is 13.2 Å². The summed E-state index contributed by atoms with van der Waals surface area (Å²) in [6.45, 7) is 7.53. The van der Waals surface area contributed by atoms with Crippen molar-refractivity contribution < 1.29 is 29.5 Å². The number of halogens is 1. The first kappa shape index (κ1) is 24.9. The minimum absolute atomic E-state index is 0.0129. The predicted molar refractivity (Wildman–Crippen MR) is 118 cm³/mol. The van der Waals surface area contributed by atoms with E-state index in [0.717, 1.165) is 0 Å². The number of nitro benzene ring substituents is 1. The Bertz CT molecular complexity index is 736. The lowest BCUT2D eigenvalue weighted by Gasteiger charge is -2.51. The van der Waals surface area contributed by atoms with Crippen LogP contribution in [-0.2, 0) is 14.3 Å². The number of carbonyl (C=O) groups is 1. The number of esters is 1. The second-order valence-corrected chi connectivity index (χ2v) is 10.0. The Labute approximate surface area is 189 Å². The molecule has 1 heterocycles. The molecular weight excluding hydrogens is 507 g/mol. The Morgan fingerprint density at radius 1 is 1.23 bits per heavy atom. The lowest BCUT2D eigenvalue weighted by atomic mass is 9.80. The maximum Gasteiger partial charge on any atom is 0.323 e. The third-order valence-corrected chi connectivity index (χ3v) is 6.37. The van der Waals surface area contributed by atoms with Crippen molar-refractivity contribution in [3.8, 4) is 0 Å². The summed E-state index contributed by atoms with van der Waals surface area (Å²) in [5, 5.41) is 32.6. The van der Waals surface area contributed by atoms with Crippen LogP contribution in [0.3, 0.4) is 0 Å². The van der Waals surface area contributed by atoms with Gasteiger partial charge in [0.25, 0.3) is 5.69 Å². The van der Waals surface area contributed by atoms with Gasteiger partial charge in [-0.1, -0.05) is 34.7 Å². The maximum absolute atomic E-state index is 12.2. The first-order valence-corrected chi connectivity index (χ1v) is 10.9. The highest BCUT2D eigenvalue weighted by atomic mass is 127. The minimum Gasteiger partial charge on any atom is -0.462 e. The predicted octanol–water partition coefficient (Wildman–Crippen LogP) is 3.40. The Morgan fingerprint density at radius 3 is 2.27 bits per heavy atom. The molecule has 2 rings (SSSR count). The molecule has 2 atom stereocenters. The summed E-state index contributed by atoms with van der Waals surface area (Å²) < 4.78 is 10.4. The summed E-state index contributed by atoms with van der Waals surface area (Å²) in [5.41, 5.74) is -0.384. The monoisotopic (exact) mass is 536 g/mol. The van der Waals surface area contributed by atoms with E-state index in [1.165, 1.54) is 29.3 Å². The molecular formula is C20H29IN2O7. The largest absolute Gasteiger partial charge is 0.462 e. The summed E-state index contributed by atoms with van der Waals surface area (Å²) in [6.07, 6.45) is 0.0964. The number of hydroxylamine groups is 2. The van der Waals surface area contributed by atoms with Crippen molar-refractivity contribution in [1.82, 2.24) is 5.06 Å². The van der Waals surface area contributed by atoms with E-state index in [1.54, 1.807) is 0 Å². The molecule has 30 heavy (non-hydrogen) atoms. The molecule has 2 unspecified atom stereocenters. The fourth-order valence-electron chi connectivity index (χ4n) is 3.74. The van der Waals surface area contributed by atoms with Gasteiger partial charge in [0, 0.05) is 23.2 Å². The number of piperidine rings is 1. The van der Waals surface area contributed by atoms with Crippen LogP contribution in [-0.4, -0.2) is 62.8 Å². The number of hydrogen-bond acceptors (Lipinski definition) is 8. The number of nitro groups is 1. The zero-order chi connectivity index (χ0) is 22.7. The standard InChI is InChI=1S/C20H29IN2O7/c1-19(2)9-16(10-20(3,4)23(19)28)29-11-15(24)12-30-18(25)17(21)13-5-7-14(8-6-13)22(26)27/h5-8,15-17,24,28H,9-12H2,1-4H3. The molecule has 2 N–H and O–H groups in total. The van der Waals surface area contributed by atoms with Crippen molar-refractivity contribution in [3.05, 3.63) is 39.9 Å². The zero-order valence-corrected chi connectivity index (χ0v) is 19.7. The van der Waals surface area contributed by atoms with Crippen LogP contribution >= 0.6 is 22.6 Å². The third kappa shape index (κ3) is 6.33. The first-order chi connectivity index (χ1) is 13.8. The molecule has 1 fully saturated rings. The molecule has 9 nitrogen and oxygen atoms in total. The van der Waals surface area contributed by atoms with Crippen molar-refractivity contribution in [2.45, 2.75) is 67.7 Å². The molecule has 0 amide bonds. The van der Waals surface area contributed by atoms with Gasteiger partial charge in [-0.25, -0.2) is 0 Å². The quantitative estimate of drug-likeness (QED) is 0.171. The van der Waals surface area contributed by atoms with E-state index >= 15 is 0 Å². The van der Waals surface area contributed by atoms with Gasteiger partial charge in [-0.05, 0) is 46.1 Å². The number of hydrogen-bond donors (Lipinski definition) is 2. The van der Waals surface area contributed by atoms with Crippen LogP contribution in [0.1, 0.15) is 50.0 Å². The second-order valence-electron chi connectivity index (χ2n) is 8.80. The summed E-state index contributed by atoms with van der Waals surface area (Å²) in [7, 11) is 0. The van der Waals surface area contributed by atoms with E-state index in [0.29, 0.717) is 18.4 Å². The summed E-state index contributed by atoms with van der Waals surface area (Å²) in [5.74, 6) is -0.542. The molecule has 1 aromatic carbocycles. The summed E-state index contributed by atoms with van der Waals surface area (Å²) in [6, 6.07) is 5.68.